The van der Waals surface area contributed by atoms with Crippen LogP contribution in [0.2, 0.25) is 5.02 Å². The van der Waals surface area contributed by atoms with E-state index >= 15 is 0 Å². The number of ether oxygens (including phenoxy) is 1. The third-order valence-electron chi connectivity index (χ3n) is 3.54. The van der Waals surface area contributed by atoms with Crippen molar-refractivity contribution in [3.8, 4) is 0 Å². The molecule has 0 bridgehead atoms. The van der Waals surface area contributed by atoms with Crippen LogP contribution in [0.3, 0.4) is 0 Å². The van der Waals surface area contributed by atoms with Gasteiger partial charge in [0.15, 0.2) is 5.11 Å². The molecule has 0 aliphatic heterocycles. The summed E-state index contributed by atoms with van der Waals surface area (Å²) >= 11 is 15.9. The SMILES string of the molecule is COC(=O)c1c(NC(=S)Nc2ccc(Br)c(Cl)c2)sc(C(=O)N(C)C)c1C. The number of carbonyl (C=O) groups excluding carboxylic acids is 2. The molecule has 2 N–H and O–H groups in total. The summed E-state index contributed by atoms with van der Waals surface area (Å²) in [6, 6.07) is 5.30. The standard InChI is InChI=1S/C17H17BrClN3O3S2/c1-8-12(16(24)25-4)14(27-13(8)15(23)22(2)3)21-17(26)20-9-5-6-10(18)11(19)7-9/h5-7H,1-4H3,(H2,20,21,26). The maximum Gasteiger partial charge on any atom is 0.341 e. The summed E-state index contributed by atoms with van der Waals surface area (Å²) in [6.07, 6.45) is 0. The zero-order chi connectivity index (χ0) is 20.3. The number of rotatable bonds is 4. The Hall–Kier alpha value is -1.68. The van der Waals surface area contributed by atoms with E-state index in [9.17, 15) is 9.59 Å². The molecule has 144 valence electrons. The molecule has 0 fully saturated rings. The number of halogens is 2. The Morgan fingerprint density at radius 1 is 1.30 bits per heavy atom. The van der Waals surface area contributed by atoms with Crippen LogP contribution >= 0.6 is 51.1 Å². The van der Waals surface area contributed by atoms with E-state index in [1.807, 2.05) is 0 Å². The van der Waals surface area contributed by atoms with Gasteiger partial charge >= 0.3 is 5.97 Å². The van der Waals surface area contributed by atoms with Gasteiger partial charge in [0.25, 0.3) is 5.91 Å². The van der Waals surface area contributed by atoms with E-state index in [2.05, 4.69) is 26.6 Å². The van der Waals surface area contributed by atoms with Crippen LogP contribution in [0.25, 0.3) is 0 Å². The molecular weight excluding hydrogens is 474 g/mol. The summed E-state index contributed by atoms with van der Waals surface area (Å²) in [5, 5.41) is 7.19. The van der Waals surface area contributed by atoms with Gasteiger partial charge in [-0.2, -0.15) is 0 Å². The first-order chi connectivity index (χ1) is 12.6. The molecule has 1 heterocycles. The maximum atomic E-state index is 12.4. The highest BCUT2D eigenvalue weighted by Gasteiger charge is 2.26. The molecule has 0 spiro atoms. The Bertz CT molecular complexity index is 915. The average Bonchev–Trinajstić information content (AvgIpc) is 2.92. The number of amides is 1. The molecule has 0 aliphatic carbocycles. The number of thiophene rings is 1. The normalized spacial score (nSPS) is 10.3. The van der Waals surface area contributed by atoms with Crippen LogP contribution in [0.5, 0.6) is 0 Å². The Balaban J connectivity index is 2.31. The number of nitrogens with zero attached hydrogens (tertiary/aromatic N) is 1. The van der Waals surface area contributed by atoms with Crippen molar-refractivity contribution < 1.29 is 14.3 Å². The molecule has 2 aromatic rings. The van der Waals surface area contributed by atoms with Crippen LogP contribution in [0, 0.1) is 6.92 Å². The number of thiocarbonyl (C=S) groups is 1. The summed E-state index contributed by atoms with van der Waals surface area (Å²) < 4.78 is 5.62. The minimum atomic E-state index is -0.543. The minimum absolute atomic E-state index is 0.200. The molecule has 0 unspecified atom stereocenters. The quantitative estimate of drug-likeness (QED) is 0.475. The first kappa shape index (κ1) is 21.6. The summed E-state index contributed by atoms with van der Waals surface area (Å²) in [5.41, 5.74) is 1.51. The highest BCUT2D eigenvalue weighted by atomic mass is 79.9. The molecule has 0 radical (unpaired) electrons. The average molecular weight is 491 g/mol. The van der Waals surface area contributed by atoms with Gasteiger partial charge in [0.2, 0.25) is 0 Å². The van der Waals surface area contributed by atoms with Crippen molar-refractivity contribution in [2.24, 2.45) is 0 Å². The number of benzene rings is 1. The fourth-order valence-corrected chi connectivity index (χ4v) is 4.13. The van der Waals surface area contributed by atoms with E-state index < -0.39 is 5.97 Å². The van der Waals surface area contributed by atoms with Crippen molar-refractivity contribution in [2.75, 3.05) is 31.8 Å². The molecule has 1 amide bonds. The highest BCUT2D eigenvalue weighted by Crippen LogP contribution is 2.34. The molecule has 0 saturated heterocycles. The van der Waals surface area contributed by atoms with Crippen molar-refractivity contribution >= 4 is 78.8 Å². The molecule has 6 nitrogen and oxygen atoms in total. The number of hydrogen-bond donors (Lipinski definition) is 2. The molecule has 1 aromatic carbocycles. The maximum absolute atomic E-state index is 12.4. The topological polar surface area (TPSA) is 70.7 Å². The molecule has 27 heavy (non-hydrogen) atoms. The number of carbonyl (C=O) groups is 2. The zero-order valence-corrected chi connectivity index (χ0v) is 19.0. The van der Waals surface area contributed by atoms with E-state index in [1.54, 1.807) is 39.2 Å². The van der Waals surface area contributed by atoms with Crippen molar-refractivity contribution in [1.82, 2.24) is 4.90 Å². The molecule has 2 rings (SSSR count). The van der Waals surface area contributed by atoms with E-state index in [4.69, 9.17) is 28.6 Å². The van der Waals surface area contributed by atoms with Gasteiger partial charge < -0.3 is 20.3 Å². The summed E-state index contributed by atoms with van der Waals surface area (Å²) in [6.45, 7) is 1.70. The lowest BCUT2D eigenvalue weighted by Crippen LogP contribution is -2.21. The van der Waals surface area contributed by atoms with E-state index in [1.165, 1.54) is 12.0 Å². The third-order valence-corrected chi connectivity index (χ3v) is 6.17. The van der Waals surface area contributed by atoms with Gasteiger partial charge in [0.05, 0.1) is 22.6 Å². The summed E-state index contributed by atoms with van der Waals surface area (Å²) in [5.74, 6) is -0.743. The summed E-state index contributed by atoms with van der Waals surface area (Å²) in [7, 11) is 4.59. The number of nitrogens with one attached hydrogen (secondary N) is 2. The minimum Gasteiger partial charge on any atom is -0.465 e. The first-order valence-electron chi connectivity index (χ1n) is 7.62. The Morgan fingerprint density at radius 2 is 1.96 bits per heavy atom. The summed E-state index contributed by atoms with van der Waals surface area (Å²) in [4.78, 5) is 26.5. The van der Waals surface area contributed by atoms with Gasteiger partial charge in [0.1, 0.15) is 5.00 Å². The lowest BCUT2D eigenvalue weighted by molar-refractivity contribution is 0.0601. The second-order valence-corrected chi connectivity index (χ2v) is 8.35. The Morgan fingerprint density at radius 3 is 2.52 bits per heavy atom. The van der Waals surface area contributed by atoms with Crippen LogP contribution in [0.4, 0.5) is 10.7 Å². The van der Waals surface area contributed by atoms with E-state index in [0.29, 0.717) is 26.2 Å². The fraction of sp³-hybridized carbons (Fsp3) is 0.235. The van der Waals surface area contributed by atoms with Crippen molar-refractivity contribution in [3.05, 3.63) is 43.7 Å². The Labute approximate surface area is 180 Å². The Kier molecular flexibility index (Phi) is 7.21. The van der Waals surface area contributed by atoms with Gasteiger partial charge in [-0.15, -0.1) is 11.3 Å². The molecular formula is C17H17BrClN3O3S2. The lowest BCUT2D eigenvalue weighted by Gasteiger charge is -2.11. The van der Waals surface area contributed by atoms with Crippen molar-refractivity contribution in [2.45, 2.75) is 6.92 Å². The van der Waals surface area contributed by atoms with Gasteiger partial charge in [-0.3, -0.25) is 4.79 Å². The van der Waals surface area contributed by atoms with Crippen LogP contribution in [-0.4, -0.2) is 43.1 Å². The monoisotopic (exact) mass is 489 g/mol. The third kappa shape index (κ3) is 4.98. The van der Waals surface area contributed by atoms with Crippen molar-refractivity contribution in [3.63, 3.8) is 0 Å². The predicted octanol–water partition coefficient (Wildman–Crippen LogP) is 4.77. The smallest absolute Gasteiger partial charge is 0.341 e. The van der Waals surface area contributed by atoms with E-state index in [0.717, 1.165) is 15.8 Å². The zero-order valence-electron chi connectivity index (χ0n) is 15.0. The van der Waals surface area contributed by atoms with Crippen LogP contribution in [0.15, 0.2) is 22.7 Å². The first-order valence-corrected chi connectivity index (χ1v) is 10.0. The van der Waals surface area contributed by atoms with Gasteiger partial charge in [-0.05, 0) is 58.8 Å². The molecule has 0 aliphatic rings. The largest absolute Gasteiger partial charge is 0.465 e. The van der Waals surface area contributed by atoms with E-state index in [-0.39, 0.29) is 16.6 Å². The molecule has 0 atom stereocenters. The van der Waals surface area contributed by atoms with Gasteiger partial charge in [-0.1, -0.05) is 11.6 Å². The van der Waals surface area contributed by atoms with Crippen LogP contribution in [-0.2, 0) is 4.74 Å². The second-order valence-electron chi connectivity index (χ2n) is 5.66. The number of methoxy groups -OCH3 is 1. The number of hydrogen-bond acceptors (Lipinski definition) is 5. The molecule has 10 heteroatoms. The predicted molar refractivity (Wildman–Crippen MR) is 117 cm³/mol. The second kappa shape index (κ2) is 9.01. The van der Waals surface area contributed by atoms with Crippen molar-refractivity contribution in [1.29, 1.82) is 0 Å². The van der Waals surface area contributed by atoms with Crippen LogP contribution in [0.1, 0.15) is 25.6 Å². The van der Waals surface area contributed by atoms with Gasteiger partial charge in [0, 0.05) is 24.3 Å². The molecule has 0 saturated carbocycles. The number of esters is 1. The fourth-order valence-electron chi connectivity index (χ4n) is 2.20. The van der Waals surface area contributed by atoms with Gasteiger partial charge in [-0.25, -0.2) is 4.79 Å². The number of anilines is 2. The molecule has 1 aromatic heterocycles. The van der Waals surface area contributed by atoms with Crippen LogP contribution < -0.4 is 10.6 Å². The lowest BCUT2D eigenvalue weighted by atomic mass is 10.1. The highest BCUT2D eigenvalue weighted by molar-refractivity contribution is 9.10.